The zero-order chi connectivity index (χ0) is 12.4. The topological polar surface area (TPSA) is 32.3 Å². The molecule has 0 heterocycles. The molecule has 1 saturated carbocycles. The second-order valence-electron chi connectivity index (χ2n) is 4.07. The first-order valence-electron chi connectivity index (χ1n) is 5.34. The molecule has 0 radical (unpaired) electrons. The second-order valence-corrected chi connectivity index (χ2v) is 5.40. The average Bonchev–Trinajstić information content (AvgIpc) is 3.10. The van der Waals surface area contributed by atoms with E-state index in [1.807, 2.05) is 6.07 Å². The molecule has 0 amide bonds. The van der Waals surface area contributed by atoms with Crippen LogP contribution in [0.1, 0.15) is 24.0 Å². The van der Waals surface area contributed by atoms with E-state index in [-0.39, 0.29) is 15.3 Å². The molecular formula is C12H12Cl3NO. The first kappa shape index (κ1) is 13.0. The van der Waals surface area contributed by atoms with Crippen LogP contribution in [0.4, 0.5) is 0 Å². The fourth-order valence-electron chi connectivity index (χ4n) is 1.50. The van der Waals surface area contributed by atoms with Gasteiger partial charge in [0.15, 0.2) is 0 Å². The second kappa shape index (κ2) is 5.49. The molecule has 1 fully saturated rings. The van der Waals surface area contributed by atoms with Crippen molar-refractivity contribution in [2.24, 2.45) is 0 Å². The first-order chi connectivity index (χ1) is 8.08. The van der Waals surface area contributed by atoms with Crippen molar-refractivity contribution >= 4 is 39.8 Å². The van der Waals surface area contributed by atoms with Crippen molar-refractivity contribution in [2.75, 3.05) is 0 Å². The third-order valence-electron chi connectivity index (χ3n) is 2.66. The van der Waals surface area contributed by atoms with E-state index in [4.69, 9.17) is 34.8 Å². The zero-order valence-electron chi connectivity index (χ0n) is 9.01. The molecule has 92 valence electrons. The molecule has 2 rings (SSSR count). The number of hydrogen-bond donors (Lipinski definition) is 2. The average molecular weight is 293 g/mol. The Morgan fingerprint density at radius 1 is 1.29 bits per heavy atom. The Labute approximate surface area is 115 Å². The molecular weight excluding hydrogens is 280 g/mol. The summed E-state index contributed by atoms with van der Waals surface area (Å²) in [6, 6.07) is 5.78. The largest absolute Gasteiger partial charge is 0.508 e. The fraction of sp³-hybridized carbons (Fsp3) is 0.333. The van der Waals surface area contributed by atoms with Crippen molar-refractivity contribution < 1.29 is 5.11 Å². The van der Waals surface area contributed by atoms with Gasteiger partial charge in [-0.25, -0.2) is 0 Å². The Balaban J connectivity index is 2.12. The molecule has 1 aliphatic rings. The van der Waals surface area contributed by atoms with Crippen LogP contribution < -0.4 is 5.32 Å². The van der Waals surface area contributed by atoms with Crippen LogP contribution in [0.2, 0.25) is 0 Å². The highest BCUT2D eigenvalue weighted by molar-refractivity contribution is 6.66. The van der Waals surface area contributed by atoms with Gasteiger partial charge >= 0.3 is 0 Å². The maximum absolute atomic E-state index is 9.85. The Hall–Kier alpha value is -0.410. The normalized spacial score (nSPS) is 14.8. The molecule has 2 N–H and O–H groups in total. The molecule has 0 aliphatic heterocycles. The van der Waals surface area contributed by atoms with Gasteiger partial charge in [0, 0.05) is 18.2 Å². The molecule has 1 aromatic rings. The quantitative estimate of drug-likeness (QED) is 0.879. The summed E-state index contributed by atoms with van der Waals surface area (Å²) in [7, 11) is 0. The van der Waals surface area contributed by atoms with Crippen LogP contribution in [-0.2, 0) is 6.54 Å². The number of halogens is 3. The maximum atomic E-state index is 9.85. The van der Waals surface area contributed by atoms with E-state index in [2.05, 4.69) is 5.32 Å². The van der Waals surface area contributed by atoms with Gasteiger partial charge in [0.1, 0.15) is 10.2 Å². The molecule has 0 spiro atoms. The molecule has 1 aliphatic carbocycles. The van der Waals surface area contributed by atoms with Gasteiger partial charge in [0.05, 0.1) is 5.03 Å². The standard InChI is InChI=1S/C12H12Cl3NO/c13-11(12(14)15)7-1-2-8(10(17)5-7)6-16-9-3-4-9/h1-2,5,9,16-17H,3-4,6H2. The lowest BCUT2D eigenvalue weighted by molar-refractivity contribution is 0.464. The molecule has 5 heteroatoms. The summed E-state index contributed by atoms with van der Waals surface area (Å²) in [4.78, 5) is 0. The van der Waals surface area contributed by atoms with Crippen LogP contribution in [0.3, 0.4) is 0 Å². The molecule has 0 saturated heterocycles. The lowest BCUT2D eigenvalue weighted by atomic mass is 10.1. The summed E-state index contributed by atoms with van der Waals surface area (Å²) in [5, 5.41) is 13.4. The van der Waals surface area contributed by atoms with Crippen LogP contribution >= 0.6 is 34.8 Å². The van der Waals surface area contributed by atoms with Gasteiger partial charge < -0.3 is 10.4 Å². The van der Waals surface area contributed by atoms with Gasteiger partial charge in [-0.15, -0.1) is 0 Å². The Morgan fingerprint density at radius 3 is 2.53 bits per heavy atom. The van der Waals surface area contributed by atoms with E-state index in [0.717, 1.165) is 5.56 Å². The van der Waals surface area contributed by atoms with Crippen LogP contribution in [-0.4, -0.2) is 11.1 Å². The van der Waals surface area contributed by atoms with Crippen molar-refractivity contribution in [1.82, 2.24) is 5.32 Å². The highest BCUT2D eigenvalue weighted by Crippen LogP contribution is 2.31. The van der Waals surface area contributed by atoms with Crippen molar-refractivity contribution in [2.45, 2.75) is 25.4 Å². The van der Waals surface area contributed by atoms with Gasteiger partial charge in [-0.2, -0.15) is 0 Å². The third-order valence-corrected chi connectivity index (χ3v) is 3.64. The van der Waals surface area contributed by atoms with Crippen molar-refractivity contribution in [1.29, 1.82) is 0 Å². The Bertz CT molecular complexity index is 451. The van der Waals surface area contributed by atoms with Gasteiger partial charge in [0.25, 0.3) is 0 Å². The minimum atomic E-state index is -0.00470. The number of aromatic hydroxyl groups is 1. The summed E-state index contributed by atoms with van der Waals surface area (Å²) in [5.41, 5.74) is 1.45. The van der Waals surface area contributed by atoms with E-state index < -0.39 is 0 Å². The highest BCUT2D eigenvalue weighted by atomic mass is 35.5. The first-order valence-corrected chi connectivity index (χ1v) is 6.47. The molecule has 17 heavy (non-hydrogen) atoms. The summed E-state index contributed by atoms with van der Waals surface area (Å²) < 4.78 is -0.00470. The van der Waals surface area contributed by atoms with E-state index >= 15 is 0 Å². The van der Waals surface area contributed by atoms with Crippen LogP contribution in [0.25, 0.3) is 5.03 Å². The number of phenolic OH excluding ortho intramolecular Hbond substituents is 1. The lowest BCUT2D eigenvalue weighted by Crippen LogP contribution is -2.15. The van der Waals surface area contributed by atoms with Crippen LogP contribution in [0.15, 0.2) is 22.7 Å². The number of phenols is 1. The molecule has 1 aromatic carbocycles. The molecule has 0 bridgehead atoms. The van der Waals surface area contributed by atoms with Gasteiger partial charge in [-0.1, -0.05) is 46.9 Å². The third kappa shape index (κ3) is 3.52. The smallest absolute Gasteiger partial charge is 0.126 e. The number of rotatable bonds is 4. The SMILES string of the molecule is Oc1cc(C(Cl)=C(Cl)Cl)ccc1CNC1CC1. The van der Waals surface area contributed by atoms with Gasteiger partial charge in [0.2, 0.25) is 0 Å². The molecule has 0 atom stereocenters. The summed E-state index contributed by atoms with van der Waals surface area (Å²) in [6.07, 6.45) is 2.44. The van der Waals surface area contributed by atoms with E-state index in [1.165, 1.54) is 12.8 Å². The maximum Gasteiger partial charge on any atom is 0.126 e. The summed E-state index contributed by atoms with van der Waals surface area (Å²) in [6.45, 7) is 0.659. The number of hydrogen-bond acceptors (Lipinski definition) is 2. The number of benzene rings is 1. The van der Waals surface area contributed by atoms with Crippen molar-refractivity contribution in [3.8, 4) is 5.75 Å². The minimum Gasteiger partial charge on any atom is -0.508 e. The zero-order valence-corrected chi connectivity index (χ0v) is 11.3. The Morgan fingerprint density at radius 2 is 2.00 bits per heavy atom. The van der Waals surface area contributed by atoms with E-state index in [0.29, 0.717) is 18.2 Å². The van der Waals surface area contributed by atoms with Gasteiger partial charge in [-0.3, -0.25) is 0 Å². The van der Waals surface area contributed by atoms with Crippen LogP contribution in [0.5, 0.6) is 5.75 Å². The fourth-order valence-corrected chi connectivity index (χ4v) is 1.84. The lowest BCUT2D eigenvalue weighted by Gasteiger charge is -2.08. The van der Waals surface area contributed by atoms with Crippen molar-refractivity contribution in [3.63, 3.8) is 0 Å². The predicted octanol–water partition coefficient (Wildman–Crippen LogP) is 3.99. The molecule has 0 unspecified atom stereocenters. The number of nitrogens with one attached hydrogen (secondary N) is 1. The molecule has 2 nitrogen and oxygen atoms in total. The highest BCUT2D eigenvalue weighted by Gasteiger charge is 2.20. The predicted molar refractivity (Wildman–Crippen MR) is 72.4 cm³/mol. The summed E-state index contributed by atoms with van der Waals surface area (Å²) in [5.74, 6) is 0.198. The van der Waals surface area contributed by atoms with Crippen LogP contribution in [0, 0.1) is 0 Å². The summed E-state index contributed by atoms with van der Waals surface area (Å²) >= 11 is 17.1. The Kier molecular flexibility index (Phi) is 4.21. The van der Waals surface area contributed by atoms with E-state index in [9.17, 15) is 5.11 Å². The van der Waals surface area contributed by atoms with Gasteiger partial charge in [-0.05, 0) is 24.5 Å². The minimum absolute atomic E-state index is 0.00470. The van der Waals surface area contributed by atoms with E-state index in [1.54, 1.807) is 12.1 Å². The van der Waals surface area contributed by atoms with Crippen molar-refractivity contribution in [3.05, 3.63) is 33.8 Å². The monoisotopic (exact) mass is 291 g/mol. The molecule has 0 aromatic heterocycles.